The average molecular weight is 394 g/mol. The molecule has 0 radical (unpaired) electrons. The fourth-order valence-corrected chi connectivity index (χ4v) is 4.05. The Morgan fingerprint density at radius 3 is 2.52 bits per heavy atom. The second kappa shape index (κ2) is 9.80. The van der Waals surface area contributed by atoms with Crippen LogP contribution in [0.15, 0.2) is 28.7 Å². The second-order valence-electron chi connectivity index (χ2n) is 6.61. The number of aryl methyl sites for hydroxylation is 2. The smallest absolute Gasteiger partial charge is 0.226 e. The summed E-state index contributed by atoms with van der Waals surface area (Å²) in [6, 6.07) is 7.64. The van der Waals surface area contributed by atoms with Crippen molar-refractivity contribution >= 4 is 15.6 Å². The van der Waals surface area contributed by atoms with Gasteiger partial charge in [0.05, 0.1) is 11.4 Å². The van der Waals surface area contributed by atoms with Gasteiger partial charge in [-0.2, -0.15) is 0 Å². The maximum Gasteiger partial charge on any atom is 0.226 e. The number of unbranched alkanes of at least 4 members (excludes halogenated alkanes) is 1. The van der Waals surface area contributed by atoms with Gasteiger partial charge in [0.15, 0.2) is 9.84 Å². The van der Waals surface area contributed by atoms with Gasteiger partial charge in [0.1, 0.15) is 17.3 Å². The standard InChI is InChI=1S/C20H27NO5S/c1-4-25-12-6-5-7-18(22)13-27(23,24)14-19-16(3)26-20(21-19)17-10-8-15(2)9-11-17/h8-11H,4-7,12-14H2,1-3H3. The molecule has 0 aliphatic rings. The van der Waals surface area contributed by atoms with Crippen molar-refractivity contribution in [1.82, 2.24) is 4.98 Å². The molecular weight excluding hydrogens is 366 g/mol. The van der Waals surface area contributed by atoms with Crippen LogP contribution in [-0.4, -0.2) is 38.2 Å². The van der Waals surface area contributed by atoms with Crippen LogP contribution >= 0.6 is 0 Å². The van der Waals surface area contributed by atoms with Crippen LogP contribution in [0.4, 0.5) is 0 Å². The molecule has 0 N–H and O–H groups in total. The zero-order valence-electron chi connectivity index (χ0n) is 16.2. The molecule has 6 nitrogen and oxygen atoms in total. The number of ether oxygens (including phenoxy) is 1. The van der Waals surface area contributed by atoms with E-state index in [1.54, 1.807) is 6.92 Å². The highest BCUT2D eigenvalue weighted by atomic mass is 32.2. The van der Waals surface area contributed by atoms with Gasteiger partial charge in [-0.05, 0) is 45.7 Å². The van der Waals surface area contributed by atoms with Gasteiger partial charge < -0.3 is 9.15 Å². The molecule has 2 rings (SSSR count). The SMILES string of the molecule is CCOCCCCC(=O)CS(=O)(=O)Cc1nc(-c2ccc(C)cc2)oc1C. The molecule has 0 saturated carbocycles. The van der Waals surface area contributed by atoms with Crippen LogP contribution in [0.2, 0.25) is 0 Å². The van der Waals surface area contributed by atoms with E-state index in [4.69, 9.17) is 9.15 Å². The van der Waals surface area contributed by atoms with Crippen molar-refractivity contribution in [3.05, 3.63) is 41.3 Å². The van der Waals surface area contributed by atoms with Crippen LogP contribution in [-0.2, 0) is 25.1 Å². The number of benzene rings is 1. The molecular formula is C20H27NO5S. The van der Waals surface area contributed by atoms with Crippen molar-refractivity contribution < 1.29 is 22.4 Å². The lowest BCUT2D eigenvalue weighted by Crippen LogP contribution is -2.18. The third kappa shape index (κ3) is 6.92. The van der Waals surface area contributed by atoms with E-state index >= 15 is 0 Å². The summed E-state index contributed by atoms with van der Waals surface area (Å²) >= 11 is 0. The first-order chi connectivity index (χ1) is 12.8. The van der Waals surface area contributed by atoms with E-state index in [2.05, 4.69) is 4.98 Å². The molecule has 7 heteroatoms. The Morgan fingerprint density at radius 2 is 1.85 bits per heavy atom. The van der Waals surface area contributed by atoms with Crippen LogP contribution < -0.4 is 0 Å². The number of nitrogens with zero attached hydrogens (tertiary/aromatic N) is 1. The van der Waals surface area contributed by atoms with Gasteiger partial charge in [-0.3, -0.25) is 4.79 Å². The third-order valence-corrected chi connectivity index (χ3v) is 5.60. The topological polar surface area (TPSA) is 86.5 Å². The Hall–Kier alpha value is -1.99. The van der Waals surface area contributed by atoms with E-state index in [0.29, 0.717) is 37.0 Å². The van der Waals surface area contributed by atoms with Gasteiger partial charge in [-0.1, -0.05) is 17.7 Å². The van der Waals surface area contributed by atoms with E-state index < -0.39 is 15.6 Å². The van der Waals surface area contributed by atoms with Gasteiger partial charge in [-0.25, -0.2) is 13.4 Å². The number of carbonyl (C=O) groups is 1. The molecule has 0 atom stereocenters. The van der Waals surface area contributed by atoms with E-state index in [-0.39, 0.29) is 18.0 Å². The normalized spacial score (nSPS) is 11.7. The Bertz CT molecular complexity index is 853. The quantitative estimate of drug-likeness (QED) is 0.542. The number of sulfone groups is 1. The summed E-state index contributed by atoms with van der Waals surface area (Å²) < 4.78 is 35.5. The molecule has 2 aromatic rings. The molecule has 0 spiro atoms. The Kier molecular flexibility index (Phi) is 7.74. The number of ketones is 1. The maximum atomic E-state index is 12.4. The molecule has 1 heterocycles. The number of Topliss-reactive ketones (excluding diaryl/α,β-unsaturated/α-hetero) is 1. The summed E-state index contributed by atoms with van der Waals surface area (Å²) in [4.78, 5) is 16.3. The predicted molar refractivity (Wildman–Crippen MR) is 104 cm³/mol. The average Bonchev–Trinajstić information content (AvgIpc) is 2.94. The summed E-state index contributed by atoms with van der Waals surface area (Å²) in [5, 5.41) is 0. The van der Waals surface area contributed by atoms with Crippen molar-refractivity contribution in [2.75, 3.05) is 19.0 Å². The molecule has 1 aromatic carbocycles. The first-order valence-corrected chi connectivity index (χ1v) is 11.0. The van der Waals surface area contributed by atoms with Crippen molar-refractivity contribution in [3.63, 3.8) is 0 Å². The lowest BCUT2D eigenvalue weighted by atomic mass is 10.1. The molecule has 0 amide bonds. The summed E-state index contributed by atoms with van der Waals surface area (Å²) in [5.74, 6) is -0.183. The minimum Gasteiger partial charge on any atom is -0.441 e. The van der Waals surface area contributed by atoms with Crippen LogP contribution in [0.5, 0.6) is 0 Å². The Morgan fingerprint density at radius 1 is 1.15 bits per heavy atom. The van der Waals surface area contributed by atoms with Gasteiger partial charge in [-0.15, -0.1) is 0 Å². The number of hydrogen-bond donors (Lipinski definition) is 0. The van der Waals surface area contributed by atoms with Crippen molar-refractivity contribution in [2.24, 2.45) is 0 Å². The minimum atomic E-state index is -3.58. The zero-order chi connectivity index (χ0) is 19.9. The van der Waals surface area contributed by atoms with Crippen molar-refractivity contribution in [2.45, 2.75) is 45.8 Å². The molecule has 0 bridgehead atoms. The fraction of sp³-hybridized carbons (Fsp3) is 0.500. The minimum absolute atomic E-state index is 0.249. The molecule has 0 fully saturated rings. The summed E-state index contributed by atoms with van der Waals surface area (Å²) in [7, 11) is -3.58. The number of hydrogen-bond acceptors (Lipinski definition) is 6. The molecule has 148 valence electrons. The Balaban J connectivity index is 1.95. The first-order valence-electron chi connectivity index (χ1n) is 9.14. The highest BCUT2D eigenvalue weighted by Crippen LogP contribution is 2.23. The highest BCUT2D eigenvalue weighted by Gasteiger charge is 2.22. The van der Waals surface area contributed by atoms with Gasteiger partial charge >= 0.3 is 0 Å². The summed E-state index contributed by atoms with van der Waals surface area (Å²) in [6.07, 6.45) is 1.63. The van der Waals surface area contributed by atoms with Crippen LogP contribution in [0.3, 0.4) is 0 Å². The fourth-order valence-electron chi connectivity index (χ4n) is 2.63. The number of oxazole rings is 1. The molecule has 0 unspecified atom stereocenters. The van der Waals surface area contributed by atoms with Crippen LogP contribution in [0.1, 0.15) is 43.2 Å². The Labute approximate surface area is 160 Å². The molecule has 0 aliphatic heterocycles. The number of aromatic nitrogens is 1. The lowest BCUT2D eigenvalue weighted by molar-refractivity contribution is -0.116. The summed E-state index contributed by atoms with van der Waals surface area (Å²) in [5.41, 5.74) is 2.26. The predicted octanol–water partition coefficient (Wildman–Crippen LogP) is 3.65. The van der Waals surface area contributed by atoms with Crippen LogP contribution in [0.25, 0.3) is 11.5 Å². The zero-order valence-corrected chi connectivity index (χ0v) is 17.0. The molecule has 1 aromatic heterocycles. The second-order valence-corrected chi connectivity index (χ2v) is 8.68. The first kappa shape index (κ1) is 21.3. The third-order valence-electron chi connectivity index (χ3n) is 4.13. The van der Waals surface area contributed by atoms with E-state index in [0.717, 1.165) is 17.5 Å². The van der Waals surface area contributed by atoms with E-state index in [1.165, 1.54) is 0 Å². The van der Waals surface area contributed by atoms with Gasteiger partial charge in [0.25, 0.3) is 0 Å². The van der Waals surface area contributed by atoms with Crippen LogP contribution in [0, 0.1) is 13.8 Å². The largest absolute Gasteiger partial charge is 0.441 e. The van der Waals surface area contributed by atoms with Gasteiger partial charge in [0.2, 0.25) is 5.89 Å². The van der Waals surface area contributed by atoms with E-state index in [9.17, 15) is 13.2 Å². The maximum absolute atomic E-state index is 12.4. The van der Waals surface area contributed by atoms with E-state index in [1.807, 2.05) is 38.1 Å². The molecule has 27 heavy (non-hydrogen) atoms. The van der Waals surface area contributed by atoms with Gasteiger partial charge in [0, 0.05) is 25.2 Å². The molecule has 0 saturated heterocycles. The number of rotatable bonds is 11. The van der Waals surface area contributed by atoms with Crippen molar-refractivity contribution in [3.8, 4) is 11.5 Å². The van der Waals surface area contributed by atoms with Crippen molar-refractivity contribution in [1.29, 1.82) is 0 Å². The highest BCUT2D eigenvalue weighted by molar-refractivity contribution is 7.91. The molecule has 0 aliphatic carbocycles. The monoisotopic (exact) mass is 393 g/mol. The summed E-state index contributed by atoms with van der Waals surface area (Å²) in [6.45, 7) is 6.82. The number of carbonyl (C=O) groups excluding carboxylic acids is 1. The lowest BCUT2D eigenvalue weighted by Gasteiger charge is -2.03.